The zero-order valence-corrected chi connectivity index (χ0v) is 13.0. The summed E-state index contributed by atoms with van der Waals surface area (Å²) in [5, 5.41) is 4.10. The van der Waals surface area contributed by atoms with Crippen molar-refractivity contribution in [3.8, 4) is 22.9 Å². The molecule has 0 aromatic carbocycles. The molecule has 4 rings (SSSR count). The minimum Gasteiger partial charge on any atom is -0.463 e. The molecular formula is C17H18N4O2. The van der Waals surface area contributed by atoms with Gasteiger partial charge in [0.2, 0.25) is 0 Å². The predicted octanol–water partition coefficient (Wildman–Crippen LogP) is 3.43. The molecule has 6 nitrogen and oxygen atoms in total. The van der Waals surface area contributed by atoms with Crippen LogP contribution in [0.1, 0.15) is 37.2 Å². The highest BCUT2D eigenvalue weighted by molar-refractivity contribution is 5.61. The Kier molecular flexibility index (Phi) is 3.27. The van der Waals surface area contributed by atoms with Crippen LogP contribution >= 0.6 is 0 Å². The van der Waals surface area contributed by atoms with E-state index in [1.54, 1.807) is 6.26 Å². The van der Waals surface area contributed by atoms with E-state index in [-0.39, 0.29) is 0 Å². The second-order valence-corrected chi connectivity index (χ2v) is 6.09. The molecule has 0 atom stereocenters. The smallest absolute Gasteiger partial charge is 0.259 e. The van der Waals surface area contributed by atoms with E-state index in [9.17, 15) is 0 Å². The third-order valence-corrected chi connectivity index (χ3v) is 4.46. The van der Waals surface area contributed by atoms with Gasteiger partial charge in [-0.25, -0.2) is 4.98 Å². The Bertz CT molecular complexity index is 817. The second-order valence-electron chi connectivity index (χ2n) is 6.09. The third kappa shape index (κ3) is 2.45. The SMILES string of the molecule is Cc1nc(-c2ccco2)ccc1-c1nc(C2(N)CCCC2)no1. The fraction of sp³-hybridized carbons (Fsp3) is 0.353. The van der Waals surface area contributed by atoms with E-state index in [0.717, 1.165) is 48.4 Å². The molecule has 3 heterocycles. The van der Waals surface area contributed by atoms with Crippen molar-refractivity contribution in [1.29, 1.82) is 0 Å². The summed E-state index contributed by atoms with van der Waals surface area (Å²) in [6, 6.07) is 7.53. The van der Waals surface area contributed by atoms with Crippen LogP contribution in [0.3, 0.4) is 0 Å². The van der Waals surface area contributed by atoms with Gasteiger partial charge in [-0.2, -0.15) is 4.98 Å². The van der Waals surface area contributed by atoms with Crippen molar-refractivity contribution in [3.05, 3.63) is 42.0 Å². The van der Waals surface area contributed by atoms with Gasteiger partial charge in [-0.1, -0.05) is 18.0 Å². The molecule has 0 spiro atoms. The molecule has 1 saturated carbocycles. The van der Waals surface area contributed by atoms with E-state index < -0.39 is 5.54 Å². The first kappa shape index (κ1) is 14.1. The summed E-state index contributed by atoms with van der Waals surface area (Å²) in [5.74, 6) is 1.80. The van der Waals surface area contributed by atoms with Gasteiger partial charge < -0.3 is 14.7 Å². The lowest BCUT2D eigenvalue weighted by Crippen LogP contribution is -2.34. The van der Waals surface area contributed by atoms with E-state index in [2.05, 4.69) is 15.1 Å². The van der Waals surface area contributed by atoms with Gasteiger partial charge in [0.25, 0.3) is 5.89 Å². The summed E-state index contributed by atoms with van der Waals surface area (Å²) in [4.78, 5) is 9.08. The van der Waals surface area contributed by atoms with Crippen molar-refractivity contribution in [2.24, 2.45) is 5.73 Å². The predicted molar refractivity (Wildman–Crippen MR) is 84.3 cm³/mol. The minimum atomic E-state index is -0.447. The average Bonchev–Trinajstić information content (AvgIpc) is 3.29. The molecule has 3 aromatic rings. The Balaban J connectivity index is 1.67. The molecule has 3 aromatic heterocycles. The fourth-order valence-electron chi connectivity index (χ4n) is 3.11. The zero-order chi connectivity index (χ0) is 15.9. The van der Waals surface area contributed by atoms with Crippen molar-refractivity contribution < 1.29 is 8.94 Å². The van der Waals surface area contributed by atoms with Crippen LogP contribution in [-0.4, -0.2) is 15.1 Å². The first-order valence-corrected chi connectivity index (χ1v) is 7.81. The Hall–Kier alpha value is -2.47. The lowest BCUT2D eigenvalue weighted by Gasteiger charge is -2.17. The van der Waals surface area contributed by atoms with Crippen LogP contribution < -0.4 is 5.73 Å². The molecule has 0 aliphatic heterocycles. The van der Waals surface area contributed by atoms with Crippen molar-refractivity contribution in [3.63, 3.8) is 0 Å². The number of furan rings is 1. The Labute approximate surface area is 133 Å². The van der Waals surface area contributed by atoms with Gasteiger partial charge in [0.15, 0.2) is 11.6 Å². The topological polar surface area (TPSA) is 91.0 Å². The standard InChI is InChI=1S/C17H18N4O2/c1-11-12(6-7-13(19-11)14-5-4-10-22-14)15-20-16(21-23-15)17(18)8-2-3-9-17/h4-7,10H,2-3,8-9,18H2,1H3. The Morgan fingerprint density at radius 1 is 1.13 bits per heavy atom. The number of pyridine rings is 1. The molecule has 6 heteroatoms. The normalized spacial score (nSPS) is 16.8. The molecule has 118 valence electrons. The van der Waals surface area contributed by atoms with Crippen LogP contribution in [0.15, 0.2) is 39.5 Å². The van der Waals surface area contributed by atoms with Crippen LogP contribution in [0.4, 0.5) is 0 Å². The summed E-state index contributed by atoms with van der Waals surface area (Å²) in [6.45, 7) is 1.92. The van der Waals surface area contributed by atoms with Crippen molar-refractivity contribution in [2.45, 2.75) is 38.1 Å². The zero-order valence-electron chi connectivity index (χ0n) is 13.0. The van der Waals surface area contributed by atoms with Gasteiger partial charge in [0.05, 0.1) is 23.1 Å². The molecule has 2 N–H and O–H groups in total. The van der Waals surface area contributed by atoms with Gasteiger partial charge in [0.1, 0.15) is 5.69 Å². The van der Waals surface area contributed by atoms with Gasteiger partial charge in [-0.05, 0) is 44.0 Å². The van der Waals surface area contributed by atoms with E-state index in [4.69, 9.17) is 14.7 Å². The van der Waals surface area contributed by atoms with E-state index in [0.29, 0.717) is 11.7 Å². The van der Waals surface area contributed by atoms with Gasteiger partial charge >= 0.3 is 0 Å². The average molecular weight is 310 g/mol. The number of hydrogen-bond donors (Lipinski definition) is 1. The first-order chi connectivity index (χ1) is 11.2. The number of hydrogen-bond acceptors (Lipinski definition) is 6. The molecular weight excluding hydrogens is 292 g/mol. The van der Waals surface area contributed by atoms with Gasteiger partial charge in [-0.15, -0.1) is 0 Å². The fourth-order valence-corrected chi connectivity index (χ4v) is 3.11. The number of nitrogens with two attached hydrogens (primary N) is 1. The molecule has 1 fully saturated rings. The molecule has 0 amide bonds. The molecule has 1 aliphatic carbocycles. The molecule has 23 heavy (non-hydrogen) atoms. The van der Waals surface area contributed by atoms with Crippen LogP contribution in [0.25, 0.3) is 22.9 Å². The lowest BCUT2D eigenvalue weighted by molar-refractivity contribution is 0.372. The van der Waals surface area contributed by atoms with Crippen LogP contribution in [0.5, 0.6) is 0 Å². The third-order valence-electron chi connectivity index (χ3n) is 4.46. The highest BCUT2D eigenvalue weighted by atomic mass is 16.5. The molecule has 0 bridgehead atoms. The maximum atomic E-state index is 6.39. The van der Waals surface area contributed by atoms with E-state index >= 15 is 0 Å². The number of nitrogens with zero attached hydrogens (tertiary/aromatic N) is 3. The quantitative estimate of drug-likeness (QED) is 0.797. The lowest BCUT2D eigenvalue weighted by atomic mass is 9.98. The first-order valence-electron chi connectivity index (χ1n) is 7.81. The Morgan fingerprint density at radius 3 is 2.65 bits per heavy atom. The highest BCUT2D eigenvalue weighted by Crippen LogP contribution is 2.35. The summed E-state index contributed by atoms with van der Waals surface area (Å²) >= 11 is 0. The second kappa shape index (κ2) is 5.31. The minimum absolute atomic E-state index is 0.447. The van der Waals surface area contributed by atoms with E-state index in [1.165, 1.54) is 0 Å². The van der Waals surface area contributed by atoms with Gasteiger partial charge in [-0.3, -0.25) is 0 Å². The van der Waals surface area contributed by atoms with Crippen LogP contribution in [-0.2, 0) is 5.54 Å². The number of aryl methyl sites for hydroxylation is 1. The molecule has 0 unspecified atom stereocenters. The van der Waals surface area contributed by atoms with Crippen molar-refractivity contribution in [2.75, 3.05) is 0 Å². The van der Waals surface area contributed by atoms with Crippen LogP contribution in [0.2, 0.25) is 0 Å². The maximum Gasteiger partial charge on any atom is 0.259 e. The summed E-state index contributed by atoms with van der Waals surface area (Å²) in [5.41, 5.74) is 8.35. The highest BCUT2D eigenvalue weighted by Gasteiger charge is 2.36. The summed E-state index contributed by atoms with van der Waals surface area (Å²) in [7, 11) is 0. The molecule has 1 aliphatic rings. The summed E-state index contributed by atoms with van der Waals surface area (Å²) in [6.07, 6.45) is 5.66. The van der Waals surface area contributed by atoms with Gasteiger partial charge in [0, 0.05) is 0 Å². The molecule has 0 saturated heterocycles. The summed E-state index contributed by atoms with van der Waals surface area (Å²) < 4.78 is 10.8. The van der Waals surface area contributed by atoms with Crippen molar-refractivity contribution >= 4 is 0 Å². The number of rotatable bonds is 3. The maximum absolute atomic E-state index is 6.39. The Morgan fingerprint density at radius 2 is 1.96 bits per heavy atom. The molecule has 0 radical (unpaired) electrons. The largest absolute Gasteiger partial charge is 0.463 e. The van der Waals surface area contributed by atoms with Crippen LogP contribution in [0, 0.1) is 6.92 Å². The monoisotopic (exact) mass is 310 g/mol. The number of aromatic nitrogens is 3. The van der Waals surface area contributed by atoms with E-state index in [1.807, 2.05) is 31.2 Å². The van der Waals surface area contributed by atoms with Crippen molar-refractivity contribution in [1.82, 2.24) is 15.1 Å².